The highest BCUT2D eigenvalue weighted by atomic mass is 32.2. The Morgan fingerprint density at radius 1 is 1.27 bits per heavy atom. The molecule has 1 atom stereocenters. The lowest BCUT2D eigenvalue weighted by molar-refractivity contribution is -0.140. The van der Waals surface area contributed by atoms with Gasteiger partial charge in [0.05, 0.1) is 13.5 Å². The van der Waals surface area contributed by atoms with Crippen molar-refractivity contribution in [2.24, 2.45) is 10.7 Å². The molecule has 1 aliphatic heterocycles. The van der Waals surface area contributed by atoms with Crippen molar-refractivity contribution in [1.82, 2.24) is 4.90 Å². The number of rotatable bonds is 7. The Kier molecular flexibility index (Phi) is 6.40. The van der Waals surface area contributed by atoms with Crippen molar-refractivity contribution in [3.05, 3.63) is 40.9 Å². The summed E-state index contributed by atoms with van der Waals surface area (Å²) in [7, 11) is -0.0628. The second-order valence-electron chi connectivity index (χ2n) is 5.40. The van der Waals surface area contributed by atoms with Gasteiger partial charge >= 0.3 is 11.9 Å². The highest BCUT2D eigenvalue weighted by molar-refractivity contribution is 8.33. The standard InChI is InChI=1S/C17H21N3O5S/c1-3-20(9-8-14(21)25-2)17-19-10-13(16(23)24)26(17)12-6-4-11(5-7-12)15(18)22/h4-7,10,26H,3,8-9H2,1-2H3,(H2,18,22)(H,23,24). The highest BCUT2D eigenvalue weighted by Crippen LogP contribution is 2.49. The molecule has 3 N–H and O–H groups in total. The number of carbonyl (C=O) groups excluding carboxylic acids is 2. The fourth-order valence-corrected chi connectivity index (χ4v) is 4.71. The third-order valence-electron chi connectivity index (χ3n) is 3.85. The third-order valence-corrected chi connectivity index (χ3v) is 6.25. The van der Waals surface area contributed by atoms with Crippen LogP contribution in [0, 0.1) is 0 Å². The number of thiol groups is 1. The van der Waals surface area contributed by atoms with Gasteiger partial charge in [0.2, 0.25) is 5.91 Å². The van der Waals surface area contributed by atoms with E-state index < -0.39 is 22.8 Å². The van der Waals surface area contributed by atoms with Crippen molar-refractivity contribution in [1.29, 1.82) is 0 Å². The molecule has 1 unspecified atom stereocenters. The minimum atomic E-state index is -1.39. The third kappa shape index (κ3) is 4.23. The molecule has 1 aliphatic rings. The molecule has 1 heterocycles. The van der Waals surface area contributed by atoms with E-state index in [2.05, 4.69) is 9.73 Å². The Labute approximate surface area is 153 Å². The number of nitrogens with zero attached hydrogens (tertiary/aromatic N) is 2. The molecule has 8 nitrogen and oxygen atoms in total. The topological polar surface area (TPSA) is 122 Å². The average Bonchev–Trinajstić information content (AvgIpc) is 3.07. The van der Waals surface area contributed by atoms with Crippen LogP contribution in [-0.4, -0.2) is 53.2 Å². The summed E-state index contributed by atoms with van der Waals surface area (Å²) in [6, 6.07) is 6.52. The summed E-state index contributed by atoms with van der Waals surface area (Å²) in [4.78, 5) is 41.4. The zero-order chi connectivity index (χ0) is 19.3. The van der Waals surface area contributed by atoms with Crippen LogP contribution in [0.2, 0.25) is 0 Å². The predicted octanol–water partition coefficient (Wildman–Crippen LogP) is 1.33. The molecule has 0 saturated heterocycles. The van der Waals surface area contributed by atoms with Crippen LogP contribution in [0.5, 0.6) is 0 Å². The van der Waals surface area contributed by atoms with Gasteiger partial charge in [0.1, 0.15) is 4.91 Å². The van der Waals surface area contributed by atoms with Crippen LogP contribution in [0.15, 0.2) is 45.3 Å². The number of hydrogen-bond acceptors (Lipinski definition) is 6. The first-order chi connectivity index (χ1) is 12.4. The van der Waals surface area contributed by atoms with Crippen LogP contribution < -0.4 is 5.73 Å². The van der Waals surface area contributed by atoms with Crippen molar-refractivity contribution in [3.8, 4) is 0 Å². The number of aliphatic imine (C=N–C) groups is 1. The molecular formula is C17H21N3O5S. The molecule has 0 fully saturated rings. The Balaban J connectivity index is 2.31. The summed E-state index contributed by atoms with van der Waals surface area (Å²) >= 11 is 0. The Morgan fingerprint density at radius 2 is 1.92 bits per heavy atom. The van der Waals surface area contributed by atoms with Gasteiger partial charge in [-0.1, -0.05) is 0 Å². The number of primary amides is 1. The predicted molar refractivity (Wildman–Crippen MR) is 99.2 cm³/mol. The van der Waals surface area contributed by atoms with Gasteiger partial charge < -0.3 is 20.5 Å². The van der Waals surface area contributed by atoms with Gasteiger partial charge in [0.15, 0.2) is 5.17 Å². The van der Waals surface area contributed by atoms with E-state index in [-0.39, 0.29) is 17.3 Å². The first kappa shape index (κ1) is 19.5. The number of amides is 1. The van der Waals surface area contributed by atoms with Crippen molar-refractivity contribution < 1.29 is 24.2 Å². The minimum absolute atomic E-state index is 0.176. The second-order valence-corrected chi connectivity index (χ2v) is 7.47. The number of amidine groups is 1. The van der Waals surface area contributed by atoms with Crippen LogP contribution in [0.25, 0.3) is 0 Å². The number of carboxylic acids is 1. The van der Waals surface area contributed by atoms with E-state index in [1.165, 1.54) is 13.3 Å². The maximum absolute atomic E-state index is 11.6. The lowest BCUT2D eigenvalue weighted by atomic mass is 10.2. The molecular weight excluding hydrogens is 358 g/mol. The molecule has 2 rings (SSSR count). The number of carboxylic acid groups (broad SMARTS) is 1. The summed E-state index contributed by atoms with van der Waals surface area (Å²) in [6.07, 6.45) is 1.53. The fraction of sp³-hybridized carbons (Fsp3) is 0.294. The van der Waals surface area contributed by atoms with Gasteiger partial charge in [0.25, 0.3) is 0 Å². The van der Waals surface area contributed by atoms with Crippen molar-refractivity contribution in [3.63, 3.8) is 0 Å². The van der Waals surface area contributed by atoms with Gasteiger partial charge in [-0.15, -0.1) is 10.9 Å². The van der Waals surface area contributed by atoms with Gasteiger partial charge in [-0.3, -0.25) is 9.59 Å². The molecule has 9 heteroatoms. The summed E-state index contributed by atoms with van der Waals surface area (Å²) < 4.78 is 4.66. The maximum Gasteiger partial charge on any atom is 0.342 e. The largest absolute Gasteiger partial charge is 0.477 e. The number of ether oxygens (including phenoxy) is 1. The molecule has 1 amide bonds. The van der Waals surface area contributed by atoms with Crippen LogP contribution >= 0.6 is 10.9 Å². The van der Waals surface area contributed by atoms with Crippen LogP contribution in [-0.2, 0) is 14.3 Å². The minimum Gasteiger partial charge on any atom is -0.477 e. The van der Waals surface area contributed by atoms with Crippen LogP contribution in [0.3, 0.4) is 0 Å². The molecule has 0 bridgehead atoms. The number of nitrogens with two attached hydrogens (primary N) is 1. The van der Waals surface area contributed by atoms with Crippen LogP contribution in [0.1, 0.15) is 23.7 Å². The Hall–Kier alpha value is -2.81. The number of hydrogen-bond donors (Lipinski definition) is 3. The summed E-state index contributed by atoms with van der Waals surface area (Å²) in [5.41, 5.74) is 5.60. The maximum atomic E-state index is 11.6. The van der Waals surface area contributed by atoms with E-state index in [1.807, 2.05) is 11.8 Å². The lowest BCUT2D eigenvalue weighted by Gasteiger charge is -2.30. The monoisotopic (exact) mass is 379 g/mol. The zero-order valence-corrected chi connectivity index (χ0v) is 15.4. The molecule has 26 heavy (non-hydrogen) atoms. The van der Waals surface area contributed by atoms with E-state index in [0.29, 0.717) is 23.8 Å². The van der Waals surface area contributed by atoms with E-state index >= 15 is 0 Å². The van der Waals surface area contributed by atoms with E-state index in [0.717, 1.165) is 4.90 Å². The smallest absolute Gasteiger partial charge is 0.342 e. The van der Waals surface area contributed by atoms with Crippen molar-refractivity contribution >= 4 is 33.9 Å². The van der Waals surface area contributed by atoms with E-state index in [4.69, 9.17) is 5.73 Å². The van der Waals surface area contributed by atoms with Gasteiger partial charge in [0, 0.05) is 24.9 Å². The number of esters is 1. The molecule has 0 saturated carbocycles. The molecule has 0 spiro atoms. The molecule has 0 aromatic heterocycles. The number of aliphatic carboxylic acids is 1. The molecule has 1 aromatic carbocycles. The number of carbonyl (C=O) groups is 3. The Bertz CT molecular complexity index is 773. The lowest BCUT2D eigenvalue weighted by Crippen LogP contribution is -2.32. The van der Waals surface area contributed by atoms with Gasteiger partial charge in [-0.2, -0.15) is 0 Å². The first-order valence-corrected chi connectivity index (χ1v) is 9.26. The summed E-state index contributed by atoms with van der Waals surface area (Å²) in [6.45, 7) is 2.85. The van der Waals surface area contributed by atoms with E-state index in [1.54, 1.807) is 24.3 Å². The van der Waals surface area contributed by atoms with Crippen molar-refractivity contribution in [2.45, 2.75) is 18.2 Å². The van der Waals surface area contributed by atoms with Crippen LogP contribution in [0.4, 0.5) is 0 Å². The molecule has 1 aromatic rings. The quantitative estimate of drug-likeness (QED) is 0.485. The SMILES string of the molecule is CCN(CCC(=O)OC)C1=NC=C(C(=O)O)[SH]1c1ccc(C(N)=O)cc1. The first-order valence-electron chi connectivity index (χ1n) is 7.92. The highest BCUT2D eigenvalue weighted by Gasteiger charge is 2.31. The summed E-state index contributed by atoms with van der Waals surface area (Å²) in [5, 5.41) is 10.1. The number of benzene rings is 1. The van der Waals surface area contributed by atoms with Gasteiger partial charge in [-0.25, -0.2) is 9.79 Å². The molecule has 0 radical (unpaired) electrons. The second kappa shape index (κ2) is 8.52. The number of methoxy groups -OCH3 is 1. The average molecular weight is 379 g/mol. The molecule has 140 valence electrons. The van der Waals surface area contributed by atoms with Crippen molar-refractivity contribution in [2.75, 3.05) is 20.2 Å². The normalized spacial score (nSPS) is 17.2. The van der Waals surface area contributed by atoms with E-state index in [9.17, 15) is 19.5 Å². The molecule has 0 aliphatic carbocycles. The summed E-state index contributed by atoms with van der Waals surface area (Å²) in [5.74, 6) is -1.94. The Morgan fingerprint density at radius 3 is 2.42 bits per heavy atom. The fourth-order valence-electron chi connectivity index (χ4n) is 2.47. The van der Waals surface area contributed by atoms with Gasteiger partial charge in [-0.05, 0) is 36.1 Å². The zero-order valence-electron chi connectivity index (χ0n) is 14.5.